The molecule has 0 aromatic carbocycles. The Morgan fingerprint density at radius 2 is 2.04 bits per heavy atom. The van der Waals surface area contributed by atoms with Gasteiger partial charge in [0.1, 0.15) is 5.03 Å². The number of nitrogens with zero attached hydrogens (tertiary/aromatic N) is 3. The van der Waals surface area contributed by atoms with Gasteiger partial charge in [-0.2, -0.15) is 27.1 Å². The Hall–Kier alpha value is -2.04. The number of aryl methyl sites for hydroxylation is 1. The van der Waals surface area contributed by atoms with Gasteiger partial charge in [0.25, 0.3) is 0 Å². The van der Waals surface area contributed by atoms with Crippen molar-refractivity contribution in [2.45, 2.75) is 23.6 Å². The Morgan fingerprint density at radius 3 is 2.57 bits per heavy atom. The second-order valence-electron chi connectivity index (χ2n) is 4.29. The molecule has 2 heterocycles. The smallest absolute Gasteiger partial charge is 0.417 e. The first kappa shape index (κ1) is 17.3. The zero-order valence-corrected chi connectivity index (χ0v) is 12.4. The Labute approximate surface area is 129 Å². The molecule has 2 aromatic heterocycles. The van der Waals surface area contributed by atoms with Crippen LogP contribution in [0.25, 0.3) is 0 Å². The van der Waals surface area contributed by atoms with E-state index in [-0.39, 0.29) is 5.03 Å². The van der Waals surface area contributed by atoms with Gasteiger partial charge in [-0.1, -0.05) is 6.07 Å². The van der Waals surface area contributed by atoms with Gasteiger partial charge in [-0.25, -0.2) is 9.67 Å². The molecule has 0 radical (unpaired) electrons. The van der Waals surface area contributed by atoms with Crippen molar-refractivity contribution < 1.29 is 30.9 Å². The minimum absolute atomic E-state index is 0.0208. The van der Waals surface area contributed by atoms with Crippen molar-refractivity contribution in [3.8, 4) is 5.88 Å². The summed E-state index contributed by atoms with van der Waals surface area (Å²) in [4.78, 5) is 3.77. The largest absolute Gasteiger partial charge is 0.435 e. The molecule has 0 amide bonds. The first-order valence-electron chi connectivity index (χ1n) is 6.07. The topological polar surface area (TPSA) is 57.0 Å². The maximum atomic E-state index is 13.0. The van der Waals surface area contributed by atoms with Crippen LogP contribution < -0.4 is 4.74 Å². The Bertz CT molecular complexity index is 703. The van der Waals surface area contributed by atoms with Crippen LogP contribution >= 0.6 is 0 Å². The van der Waals surface area contributed by atoms with Gasteiger partial charge in [0.15, 0.2) is 5.69 Å². The lowest BCUT2D eigenvalue weighted by molar-refractivity contribution is -0.142. The minimum Gasteiger partial charge on any atom is -0.417 e. The normalized spacial score (nSPS) is 13.3. The van der Waals surface area contributed by atoms with Crippen molar-refractivity contribution in [3.63, 3.8) is 0 Å². The van der Waals surface area contributed by atoms with Gasteiger partial charge in [0.2, 0.25) is 5.88 Å². The fraction of sp³-hybridized carbons (Fsp3) is 0.333. The summed E-state index contributed by atoms with van der Waals surface area (Å²) < 4.78 is 80.6. The minimum atomic E-state index is -4.90. The van der Waals surface area contributed by atoms with Gasteiger partial charge in [-0.3, -0.25) is 4.21 Å². The molecule has 2 rings (SSSR count). The number of ether oxygens (including phenoxy) is 1. The number of hydrogen-bond acceptors (Lipinski definition) is 4. The SMILES string of the molecule is Cn1nc(C(F)(F)F)c(CS(=O)c2ccccn2)c1OC(F)F. The van der Waals surface area contributed by atoms with Gasteiger partial charge in [-0.15, -0.1) is 0 Å². The standard InChI is InChI=1S/C12H10F5N3O2S/c1-20-10(22-11(13)14)7(9(19-20)12(15,16)17)6-23(21)8-4-2-3-5-18-8/h2-5,11H,6H2,1H3. The van der Waals surface area contributed by atoms with E-state index in [9.17, 15) is 26.2 Å². The molecule has 0 bridgehead atoms. The third kappa shape index (κ3) is 4.03. The maximum Gasteiger partial charge on any atom is 0.435 e. The predicted octanol–water partition coefficient (Wildman–Crippen LogP) is 2.74. The van der Waals surface area contributed by atoms with Crippen LogP contribution in [0.15, 0.2) is 29.4 Å². The molecule has 0 aliphatic heterocycles. The van der Waals surface area contributed by atoms with E-state index in [2.05, 4.69) is 14.8 Å². The molecular weight excluding hydrogens is 345 g/mol. The number of aromatic nitrogens is 3. The molecule has 1 unspecified atom stereocenters. The number of halogens is 5. The molecule has 0 fully saturated rings. The van der Waals surface area contributed by atoms with Crippen molar-refractivity contribution in [1.82, 2.24) is 14.8 Å². The van der Waals surface area contributed by atoms with Crippen LogP contribution in [0.4, 0.5) is 22.0 Å². The Kier molecular flexibility index (Phi) is 4.97. The zero-order valence-electron chi connectivity index (χ0n) is 11.6. The molecule has 1 atom stereocenters. The van der Waals surface area contributed by atoms with Gasteiger partial charge in [0.05, 0.1) is 22.1 Å². The third-order valence-corrected chi connectivity index (χ3v) is 3.96. The van der Waals surface area contributed by atoms with E-state index in [0.717, 1.165) is 7.05 Å². The molecule has 23 heavy (non-hydrogen) atoms. The van der Waals surface area contributed by atoms with E-state index in [4.69, 9.17) is 0 Å². The predicted molar refractivity (Wildman–Crippen MR) is 69.2 cm³/mol. The summed E-state index contributed by atoms with van der Waals surface area (Å²) in [5.41, 5.74) is -2.12. The van der Waals surface area contributed by atoms with Crippen LogP contribution in [0.3, 0.4) is 0 Å². The van der Waals surface area contributed by atoms with Gasteiger partial charge >= 0.3 is 12.8 Å². The molecule has 11 heteroatoms. The lowest BCUT2D eigenvalue weighted by Gasteiger charge is -2.09. The van der Waals surface area contributed by atoms with Crippen molar-refractivity contribution in [2.24, 2.45) is 7.05 Å². The molecule has 0 aliphatic carbocycles. The molecule has 5 nitrogen and oxygen atoms in total. The van der Waals surface area contributed by atoms with Crippen LogP contribution in [0.5, 0.6) is 5.88 Å². The summed E-state index contributed by atoms with van der Waals surface area (Å²) in [6.45, 7) is -3.34. The highest BCUT2D eigenvalue weighted by Gasteiger charge is 2.40. The van der Waals surface area contributed by atoms with Crippen LogP contribution in [0, 0.1) is 0 Å². The molecule has 2 aromatic rings. The number of hydrogen-bond donors (Lipinski definition) is 0. The first-order chi connectivity index (χ1) is 10.7. The molecule has 0 saturated heterocycles. The lowest BCUT2D eigenvalue weighted by Crippen LogP contribution is -2.12. The zero-order chi connectivity index (χ0) is 17.2. The van der Waals surface area contributed by atoms with Crippen LogP contribution in [-0.2, 0) is 29.8 Å². The number of alkyl halides is 5. The van der Waals surface area contributed by atoms with Crippen LogP contribution in [-0.4, -0.2) is 25.6 Å². The summed E-state index contributed by atoms with van der Waals surface area (Å²) in [7, 11) is -0.953. The summed E-state index contributed by atoms with van der Waals surface area (Å²) >= 11 is 0. The van der Waals surface area contributed by atoms with Gasteiger partial charge < -0.3 is 4.74 Å². The molecular formula is C12H10F5N3O2S. The van der Waals surface area contributed by atoms with Crippen LogP contribution in [0.1, 0.15) is 11.3 Å². The fourth-order valence-electron chi connectivity index (χ4n) is 1.83. The summed E-state index contributed by atoms with van der Waals surface area (Å²) in [5, 5.41) is 3.18. The van der Waals surface area contributed by atoms with Crippen molar-refractivity contribution in [2.75, 3.05) is 0 Å². The average Bonchev–Trinajstić information content (AvgIpc) is 2.76. The molecule has 0 aliphatic rings. The van der Waals surface area contributed by atoms with Gasteiger partial charge in [-0.05, 0) is 12.1 Å². The van der Waals surface area contributed by atoms with Crippen molar-refractivity contribution in [3.05, 3.63) is 35.7 Å². The van der Waals surface area contributed by atoms with Crippen molar-refractivity contribution >= 4 is 10.8 Å². The second kappa shape index (κ2) is 6.60. The third-order valence-electron chi connectivity index (χ3n) is 2.70. The summed E-state index contributed by atoms with van der Waals surface area (Å²) in [6.07, 6.45) is -3.58. The van der Waals surface area contributed by atoms with E-state index >= 15 is 0 Å². The number of rotatable bonds is 5. The van der Waals surface area contributed by atoms with Crippen LogP contribution in [0.2, 0.25) is 0 Å². The average molecular weight is 355 g/mol. The van der Waals surface area contributed by atoms with E-state index in [1.54, 1.807) is 0 Å². The highest BCUT2D eigenvalue weighted by atomic mass is 32.2. The number of pyridine rings is 1. The Balaban J connectivity index is 2.44. The summed E-state index contributed by atoms with van der Waals surface area (Å²) in [5.74, 6) is -1.49. The van der Waals surface area contributed by atoms with Crippen molar-refractivity contribution in [1.29, 1.82) is 0 Å². The molecule has 0 N–H and O–H groups in total. The molecule has 126 valence electrons. The van der Waals surface area contributed by atoms with E-state index in [1.165, 1.54) is 24.4 Å². The van der Waals surface area contributed by atoms with E-state index in [0.29, 0.717) is 4.68 Å². The van der Waals surface area contributed by atoms with Gasteiger partial charge in [0, 0.05) is 13.2 Å². The highest BCUT2D eigenvalue weighted by Crippen LogP contribution is 2.37. The highest BCUT2D eigenvalue weighted by molar-refractivity contribution is 7.84. The maximum absolute atomic E-state index is 13.0. The first-order valence-corrected chi connectivity index (χ1v) is 7.39. The second-order valence-corrected chi connectivity index (χ2v) is 5.69. The monoisotopic (exact) mass is 355 g/mol. The Morgan fingerprint density at radius 1 is 1.35 bits per heavy atom. The van der Waals surface area contributed by atoms with E-state index < -0.39 is 46.5 Å². The lowest BCUT2D eigenvalue weighted by atomic mass is 10.2. The molecule has 0 spiro atoms. The quantitative estimate of drug-likeness (QED) is 0.774. The molecule has 0 saturated carbocycles. The summed E-state index contributed by atoms with van der Waals surface area (Å²) in [6, 6.07) is 4.40. The van der Waals surface area contributed by atoms with E-state index in [1.807, 2.05) is 0 Å². The fourth-order valence-corrected chi connectivity index (χ4v) is 2.91.